The topological polar surface area (TPSA) is 55.1 Å². The van der Waals surface area contributed by atoms with E-state index in [0.717, 1.165) is 6.42 Å². The molecule has 0 spiro atoms. The molecule has 1 aliphatic heterocycles. The number of hydrogen-bond acceptors (Lipinski definition) is 2. The first-order valence-corrected chi connectivity index (χ1v) is 2.81. The SMILES string of the molecule is Cl.N[C@@H]1CCC(=O)NC1. The molecule has 1 amide bonds. The molecule has 0 aromatic carbocycles. The van der Waals surface area contributed by atoms with Gasteiger partial charge in [0.05, 0.1) is 0 Å². The van der Waals surface area contributed by atoms with Gasteiger partial charge in [0.2, 0.25) is 5.91 Å². The van der Waals surface area contributed by atoms with Gasteiger partial charge in [-0.3, -0.25) is 4.79 Å². The number of carbonyl (C=O) groups excluding carboxylic acids is 1. The Labute approximate surface area is 60.4 Å². The third-order valence-electron chi connectivity index (χ3n) is 1.30. The van der Waals surface area contributed by atoms with Crippen LogP contribution in [0.25, 0.3) is 0 Å². The van der Waals surface area contributed by atoms with Crippen molar-refractivity contribution < 1.29 is 4.79 Å². The minimum atomic E-state index is 0. The van der Waals surface area contributed by atoms with Crippen LogP contribution >= 0.6 is 12.4 Å². The maximum Gasteiger partial charge on any atom is 0.220 e. The molecule has 0 aliphatic carbocycles. The lowest BCUT2D eigenvalue weighted by Gasteiger charge is -2.17. The van der Waals surface area contributed by atoms with Gasteiger partial charge in [0.15, 0.2) is 0 Å². The van der Waals surface area contributed by atoms with Crippen LogP contribution in [0.15, 0.2) is 0 Å². The zero-order valence-corrected chi connectivity index (χ0v) is 5.91. The fourth-order valence-corrected chi connectivity index (χ4v) is 0.752. The zero-order chi connectivity index (χ0) is 5.98. The highest BCUT2D eigenvalue weighted by atomic mass is 35.5. The van der Waals surface area contributed by atoms with Crippen LogP contribution in [0.5, 0.6) is 0 Å². The number of nitrogens with two attached hydrogens (primary N) is 1. The van der Waals surface area contributed by atoms with Gasteiger partial charge >= 0.3 is 0 Å². The van der Waals surface area contributed by atoms with Crippen molar-refractivity contribution in [2.24, 2.45) is 5.73 Å². The summed E-state index contributed by atoms with van der Waals surface area (Å²) in [6, 6.07) is 0.188. The molecule has 3 N–H and O–H groups in total. The number of hydrogen-bond donors (Lipinski definition) is 2. The molecule has 54 valence electrons. The second-order valence-electron chi connectivity index (χ2n) is 2.10. The molecule has 1 atom stereocenters. The first-order chi connectivity index (χ1) is 3.79. The number of rotatable bonds is 0. The molecule has 0 aromatic heterocycles. The highest BCUT2D eigenvalue weighted by Gasteiger charge is 2.12. The van der Waals surface area contributed by atoms with Gasteiger partial charge in [0.1, 0.15) is 0 Å². The van der Waals surface area contributed by atoms with Crippen molar-refractivity contribution in [3.8, 4) is 0 Å². The predicted molar refractivity (Wildman–Crippen MR) is 37.5 cm³/mol. The first kappa shape index (κ1) is 8.72. The van der Waals surface area contributed by atoms with Crippen molar-refractivity contribution in [3.63, 3.8) is 0 Å². The summed E-state index contributed by atoms with van der Waals surface area (Å²) in [5, 5.41) is 2.67. The third-order valence-corrected chi connectivity index (χ3v) is 1.30. The van der Waals surface area contributed by atoms with Crippen LogP contribution in [-0.2, 0) is 4.79 Å². The van der Waals surface area contributed by atoms with E-state index in [0.29, 0.717) is 13.0 Å². The van der Waals surface area contributed by atoms with Crippen molar-refractivity contribution in [2.75, 3.05) is 6.54 Å². The van der Waals surface area contributed by atoms with Gasteiger partial charge in [-0.2, -0.15) is 0 Å². The highest BCUT2D eigenvalue weighted by Crippen LogP contribution is 1.98. The van der Waals surface area contributed by atoms with E-state index < -0.39 is 0 Å². The molecule has 1 rings (SSSR count). The number of piperidine rings is 1. The summed E-state index contributed by atoms with van der Waals surface area (Å²) in [6.07, 6.45) is 1.44. The van der Waals surface area contributed by atoms with Crippen LogP contribution in [0.1, 0.15) is 12.8 Å². The Bertz CT molecular complexity index is 97.1. The van der Waals surface area contributed by atoms with Gasteiger partial charge < -0.3 is 11.1 Å². The van der Waals surface area contributed by atoms with E-state index in [1.54, 1.807) is 0 Å². The van der Waals surface area contributed by atoms with Crippen molar-refractivity contribution in [2.45, 2.75) is 18.9 Å². The zero-order valence-electron chi connectivity index (χ0n) is 5.09. The lowest BCUT2D eigenvalue weighted by Crippen LogP contribution is -2.42. The van der Waals surface area contributed by atoms with Crippen molar-refractivity contribution >= 4 is 18.3 Å². The second-order valence-corrected chi connectivity index (χ2v) is 2.10. The van der Waals surface area contributed by atoms with Gasteiger partial charge in [0.25, 0.3) is 0 Å². The normalized spacial score (nSPS) is 26.3. The summed E-state index contributed by atoms with van der Waals surface area (Å²) in [4.78, 5) is 10.4. The number of halogens is 1. The van der Waals surface area contributed by atoms with Crippen LogP contribution in [0.2, 0.25) is 0 Å². The summed E-state index contributed by atoms with van der Waals surface area (Å²) in [5.41, 5.74) is 5.48. The van der Waals surface area contributed by atoms with E-state index in [4.69, 9.17) is 5.73 Å². The molecule has 0 saturated carbocycles. The minimum absolute atomic E-state index is 0. The monoisotopic (exact) mass is 150 g/mol. The molecule has 1 saturated heterocycles. The summed E-state index contributed by atoms with van der Waals surface area (Å²) >= 11 is 0. The van der Waals surface area contributed by atoms with Crippen LogP contribution < -0.4 is 11.1 Å². The number of amides is 1. The van der Waals surface area contributed by atoms with Gasteiger partial charge in [0, 0.05) is 19.0 Å². The van der Waals surface area contributed by atoms with Gasteiger partial charge in [-0.15, -0.1) is 12.4 Å². The maximum absolute atomic E-state index is 10.4. The average molecular weight is 151 g/mol. The minimum Gasteiger partial charge on any atom is -0.355 e. The number of nitrogens with one attached hydrogen (secondary N) is 1. The summed E-state index contributed by atoms with van der Waals surface area (Å²) in [7, 11) is 0. The van der Waals surface area contributed by atoms with Crippen LogP contribution in [-0.4, -0.2) is 18.5 Å². The maximum atomic E-state index is 10.4. The van der Waals surface area contributed by atoms with E-state index in [2.05, 4.69) is 5.32 Å². The molecule has 1 aliphatic rings. The summed E-state index contributed by atoms with van der Waals surface area (Å²) in [5.74, 6) is 0.131. The van der Waals surface area contributed by atoms with Crippen LogP contribution in [0.3, 0.4) is 0 Å². The van der Waals surface area contributed by atoms with E-state index in [9.17, 15) is 4.79 Å². The molecule has 0 unspecified atom stereocenters. The molecule has 4 heteroatoms. The van der Waals surface area contributed by atoms with Gasteiger partial charge in [-0.05, 0) is 6.42 Å². The Morgan fingerprint density at radius 2 is 2.33 bits per heavy atom. The lowest BCUT2D eigenvalue weighted by molar-refractivity contribution is -0.122. The Kier molecular flexibility index (Phi) is 3.58. The van der Waals surface area contributed by atoms with Gasteiger partial charge in [-0.1, -0.05) is 0 Å². The smallest absolute Gasteiger partial charge is 0.220 e. The summed E-state index contributed by atoms with van der Waals surface area (Å²) < 4.78 is 0. The van der Waals surface area contributed by atoms with E-state index in [1.165, 1.54) is 0 Å². The Hall–Kier alpha value is -0.280. The van der Waals surface area contributed by atoms with Gasteiger partial charge in [-0.25, -0.2) is 0 Å². The number of carbonyl (C=O) groups is 1. The molecule has 0 radical (unpaired) electrons. The quantitative estimate of drug-likeness (QED) is 0.496. The fraction of sp³-hybridized carbons (Fsp3) is 0.800. The molecule has 0 aromatic rings. The largest absolute Gasteiger partial charge is 0.355 e. The van der Waals surface area contributed by atoms with Crippen LogP contribution in [0, 0.1) is 0 Å². The summed E-state index contributed by atoms with van der Waals surface area (Å²) in [6.45, 7) is 0.652. The average Bonchev–Trinajstić information content (AvgIpc) is 1.77. The lowest BCUT2D eigenvalue weighted by atomic mass is 10.1. The van der Waals surface area contributed by atoms with Crippen LogP contribution in [0.4, 0.5) is 0 Å². The van der Waals surface area contributed by atoms with E-state index >= 15 is 0 Å². The Balaban J connectivity index is 0.000000640. The molecule has 9 heavy (non-hydrogen) atoms. The third kappa shape index (κ3) is 2.67. The predicted octanol–water partition coefficient (Wildman–Crippen LogP) is -0.355. The van der Waals surface area contributed by atoms with Crippen molar-refractivity contribution in [3.05, 3.63) is 0 Å². The van der Waals surface area contributed by atoms with Crippen molar-refractivity contribution in [1.82, 2.24) is 5.32 Å². The standard InChI is InChI=1S/C5H10N2O.ClH/c6-4-1-2-5(8)7-3-4;/h4H,1-3,6H2,(H,7,8);1H/t4-;/m1./s1. The molecule has 1 heterocycles. The first-order valence-electron chi connectivity index (χ1n) is 2.81. The molecular formula is C5H11ClN2O. The fourth-order valence-electron chi connectivity index (χ4n) is 0.752. The molecular weight excluding hydrogens is 140 g/mol. The molecule has 0 bridgehead atoms. The van der Waals surface area contributed by atoms with E-state index in [1.807, 2.05) is 0 Å². The highest BCUT2D eigenvalue weighted by molar-refractivity contribution is 5.85. The molecule has 1 fully saturated rings. The Morgan fingerprint density at radius 3 is 2.67 bits per heavy atom. The second kappa shape index (κ2) is 3.69. The molecule has 3 nitrogen and oxygen atoms in total. The van der Waals surface area contributed by atoms with E-state index in [-0.39, 0.29) is 24.4 Å². The van der Waals surface area contributed by atoms with Crippen molar-refractivity contribution in [1.29, 1.82) is 0 Å². The Morgan fingerprint density at radius 1 is 1.67 bits per heavy atom.